The second-order valence-electron chi connectivity index (χ2n) is 4.01. The SMILES string of the molecule is CCCC[C@H](NC(=O)Nc1ccn(C)n1)C(=O)O. The number of hydrogen-bond donors (Lipinski definition) is 3. The summed E-state index contributed by atoms with van der Waals surface area (Å²) < 4.78 is 1.54. The molecule has 0 saturated carbocycles. The second kappa shape index (κ2) is 6.63. The van der Waals surface area contributed by atoms with Gasteiger partial charge >= 0.3 is 12.0 Å². The van der Waals surface area contributed by atoms with Crippen LogP contribution in [0.1, 0.15) is 26.2 Å². The van der Waals surface area contributed by atoms with E-state index in [-0.39, 0.29) is 0 Å². The maximum Gasteiger partial charge on any atom is 0.326 e. The van der Waals surface area contributed by atoms with E-state index in [0.29, 0.717) is 12.2 Å². The minimum absolute atomic E-state index is 0.384. The number of carbonyl (C=O) groups excluding carboxylic acids is 1. The van der Waals surface area contributed by atoms with Crippen molar-refractivity contribution in [1.29, 1.82) is 0 Å². The van der Waals surface area contributed by atoms with Crippen molar-refractivity contribution in [1.82, 2.24) is 15.1 Å². The van der Waals surface area contributed by atoms with Crippen LogP contribution in [0, 0.1) is 0 Å². The Morgan fingerprint density at radius 1 is 1.56 bits per heavy atom. The summed E-state index contributed by atoms with van der Waals surface area (Å²) in [5.41, 5.74) is 0. The first kappa shape index (κ1) is 14.0. The van der Waals surface area contributed by atoms with Gasteiger partial charge in [0.15, 0.2) is 5.82 Å². The van der Waals surface area contributed by atoms with E-state index in [1.54, 1.807) is 24.0 Å². The molecule has 7 nitrogen and oxygen atoms in total. The van der Waals surface area contributed by atoms with Crippen molar-refractivity contribution in [3.05, 3.63) is 12.3 Å². The number of carboxylic acid groups (broad SMARTS) is 1. The van der Waals surface area contributed by atoms with Gasteiger partial charge < -0.3 is 10.4 Å². The number of nitrogens with one attached hydrogen (secondary N) is 2. The van der Waals surface area contributed by atoms with Gasteiger partial charge in [-0.2, -0.15) is 5.10 Å². The first-order valence-electron chi connectivity index (χ1n) is 5.83. The minimum atomic E-state index is -1.03. The molecule has 3 N–H and O–H groups in total. The molecule has 2 amide bonds. The van der Waals surface area contributed by atoms with E-state index in [9.17, 15) is 9.59 Å². The summed E-state index contributed by atoms with van der Waals surface area (Å²) in [5.74, 6) is -0.644. The van der Waals surface area contributed by atoms with Crippen molar-refractivity contribution >= 4 is 17.8 Å². The second-order valence-corrected chi connectivity index (χ2v) is 4.01. The number of carbonyl (C=O) groups is 2. The van der Waals surface area contributed by atoms with Gasteiger partial charge in [-0.3, -0.25) is 10.00 Å². The summed E-state index contributed by atoms with van der Waals surface area (Å²) in [6.07, 6.45) is 3.73. The number of hydrogen-bond acceptors (Lipinski definition) is 3. The van der Waals surface area contributed by atoms with E-state index in [1.165, 1.54) is 0 Å². The third kappa shape index (κ3) is 4.44. The molecular weight excluding hydrogens is 236 g/mol. The Labute approximate surface area is 105 Å². The molecule has 0 aliphatic rings. The van der Waals surface area contributed by atoms with Crippen molar-refractivity contribution in [3.63, 3.8) is 0 Å². The summed E-state index contributed by atoms with van der Waals surface area (Å²) in [6.45, 7) is 1.97. The maximum absolute atomic E-state index is 11.6. The summed E-state index contributed by atoms with van der Waals surface area (Å²) in [5, 5.41) is 17.8. The zero-order valence-corrected chi connectivity index (χ0v) is 10.5. The number of nitrogens with zero attached hydrogens (tertiary/aromatic N) is 2. The molecule has 0 aromatic carbocycles. The molecule has 0 aliphatic carbocycles. The smallest absolute Gasteiger partial charge is 0.326 e. The molecule has 1 heterocycles. The molecular formula is C11H18N4O3. The predicted molar refractivity (Wildman–Crippen MR) is 66.3 cm³/mol. The highest BCUT2D eigenvalue weighted by atomic mass is 16.4. The number of aliphatic carboxylic acids is 1. The minimum Gasteiger partial charge on any atom is -0.480 e. The highest BCUT2D eigenvalue weighted by Gasteiger charge is 2.19. The normalized spacial score (nSPS) is 11.9. The first-order valence-corrected chi connectivity index (χ1v) is 5.83. The highest BCUT2D eigenvalue weighted by molar-refractivity contribution is 5.91. The van der Waals surface area contributed by atoms with E-state index in [2.05, 4.69) is 15.7 Å². The number of amides is 2. The molecule has 1 aromatic heterocycles. The largest absolute Gasteiger partial charge is 0.480 e. The molecule has 0 bridgehead atoms. The summed E-state index contributed by atoms with van der Waals surface area (Å²) in [7, 11) is 1.73. The van der Waals surface area contributed by atoms with Crippen LogP contribution < -0.4 is 10.6 Å². The van der Waals surface area contributed by atoms with Crippen molar-refractivity contribution < 1.29 is 14.7 Å². The van der Waals surface area contributed by atoms with Gasteiger partial charge in [0, 0.05) is 19.3 Å². The van der Waals surface area contributed by atoms with Crippen LogP contribution in [0.15, 0.2) is 12.3 Å². The molecule has 100 valence electrons. The number of urea groups is 1. The van der Waals surface area contributed by atoms with Gasteiger partial charge in [0.1, 0.15) is 6.04 Å². The van der Waals surface area contributed by atoms with Gasteiger partial charge in [-0.25, -0.2) is 9.59 Å². The number of unbranched alkanes of at least 4 members (excludes halogenated alkanes) is 1. The van der Waals surface area contributed by atoms with E-state index in [0.717, 1.165) is 12.8 Å². The zero-order valence-electron chi connectivity index (χ0n) is 10.5. The van der Waals surface area contributed by atoms with Crippen LogP contribution in [0.5, 0.6) is 0 Å². The molecule has 18 heavy (non-hydrogen) atoms. The number of carboxylic acids is 1. The molecule has 0 aliphatic heterocycles. The molecule has 0 saturated heterocycles. The lowest BCUT2D eigenvalue weighted by molar-refractivity contribution is -0.139. The van der Waals surface area contributed by atoms with Gasteiger partial charge in [-0.15, -0.1) is 0 Å². The third-order valence-corrected chi connectivity index (χ3v) is 2.40. The van der Waals surface area contributed by atoms with Crippen LogP contribution in [0.2, 0.25) is 0 Å². The molecule has 0 fully saturated rings. The Morgan fingerprint density at radius 2 is 2.28 bits per heavy atom. The third-order valence-electron chi connectivity index (χ3n) is 2.40. The Morgan fingerprint density at radius 3 is 2.78 bits per heavy atom. The van der Waals surface area contributed by atoms with Crippen molar-refractivity contribution in [2.45, 2.75) is 32.2 Å². The predicted octanol–water partition coefficient (Wildman–Crippen LogP) is 1.18. The summed E-state index contributed by atoms with van der Waals surface area (Å²) >= 11 is 0. The average molecular weight is 254 g/mol. The topological polar surface area (TPSA) is 96.3 Å². The van der Waals surface area contributed by atoms with Crippen LogP contribution in [-0.4, -0.2) is 32.9 Å². The van der Waals surface area contributed by atoms with Crippen LogP contribution in [-0.2, 0) is 11.8 Å². The van der Waals surface area contributed by atoms with E-state index in [1.807, 2.05) is 6.92 Å². The molecule has 7 heteroatoms. The fourth-order valence-corrected chi connectivity index (χ4v) is 1.46. The Balaban J connectivity index is 2.48. The molecule has 0 unspecified atom stereocenters. The van der Waals surface area contributed by atoms with Crippen LogP contribution >= 0.6 is 0 Å². The van der Waals surface area contributed by atoms with Crippen molar-refractivity contribution in [2.75, 3.05) is 5.32 Å². The fraction of sp³-hybridized carbons (Fsp3) is 0.545. The monoisotopic (exact) mass is 254 g/mol. The van der Waals surface area contributed by atoms with Gasteiger partial charge in [0.25, 0.3) is 0 Å². The lowest BCUT2D eigenvalue weighted by Crippen LogP contribution is -2.43. The molecule has 0 spiro atoms. The highest BCUT2D eigenvalue weighted by Crippen LogP contribution is 2.03. The summed E-state index contributed by atoms with van der Waals surface area (Å²) in [4.78, 5) is 22.5. The van der Waals surface area contributed by atoms with Crippen LogP contribution in [0.4, 0.5) is 10.6 Å². The zero-order chi connectivity index (χ0) is 13.5. The molecule has 1 aromatic rings. The lowest BCUT2D eigenvalue weighted by atomic mass is 10.1. The Hall–Kier alpha value is -2.05. The number of aryl methyl sites for hydroxylation is 1. The quantitative estimate of drug-likeness (QED) is 0.710. The standard InChI is InChI=1S/C11H18N4O3/c1-3-4-5-8(10(16)17)12-11(18)13-9-6-7-15(2)14-9/h6-8H,3-5H2,1-2H3,(H,16,17)(H2,12,13,14,18)/t8-/m0/s1. The van der Waals surface area contributed by atoms with Gasteiger partial charge in [0.2, 0.25) is 0 Å². The van der Waals surface area contributed by atoms with E-state index < -0.39 is 18.0 Å². The number of aromatic nitrogens is 2. The first-order chi connectivity index (χ1) is 8.52. The Bertz CT molecular complexity index is 416. The van der Waals surface area contributed by atoms with Crippen LogP contribution in [0.25, 0.3) is 0 Å². The summed E-state index contributed by atoms with van der Waals surface area (Å²) in [6, 6.07) is 0.201. The van der Waals surface area contributed by atoms with Crippen LogP contribution in [0.3, 0.4) is 0 Å². The Kier molecular flexibility index (Phi) is 5.16. The molecule has 0 radical (unpaired) electrons. The van der Waals surface area contributed by atoms with Gasteiger partial charge in [-0.1, -0.05) is 19.8 Å². The molecule has 1 atom stereocenters. The van der Waals surface area contributed by atoms with Gasteiger partial charge in [0.05, 0.1) is 0 Å². The average Bonchev–Trinajstić information content (AvgIpc) is 2.69. The van der Waals surface area contributed by atoms with Gasteiger partial charge in [-0.05, 0) is 6.42 Å². The van der Waals surface area contributed by atoms with E-state index in [4.69, 9.17) is 5.11 Å². The number of rotatable bonds is 6. The number of anilines is 1. The maximum atomic E-state index is 11.6. The van der Waals surface area contributed by atoms with E-state index >= 15 is 0 Å². The van der Waals surface area contributed by atoms with Crippen molar-refractivity contribution in [2.24, 2.45) is 7.05 Å². The van der Waals surface area contributed by atoms with Crippen molar-refractivity contribution in [3.8, 4) is 0 Å². The lowest BCUT2D eigenvalue weighted by Gasteiger charge is -2.13. The molecule has 1 rings (SSSR count). The fourth-order valence-electron chi connectivity index (χ4n) is 1.46.